The number of imide groups is 1. The summed E-state index contributed by atoms with van der Waals surface area (Å²) >= 11 is 0. The van der Waals surface area contributed by atoms with Gasteiger partial charge in [-0.25, -0.2) is 4.79 Å². The van der Waals surface area contributed by atoms with E-state index in [0.717, 1.165) is 0 Å². The summed E-state index contributed by atoms with van der Waals surface area (Å²) in [6.45, 7) is 3.84. The molecular formula is C23H19N5O6. The zero-order chi connectivity index (χ0) is 24.5. The van der Waals surface area contributed by atoms with Gasteiger partial charge in [-0.2, -0.15) is 0 Å². The first-order valence-corrected chi connectivity index (χ1v) is 9.86. The fourth-order valence-corrected chi connectivity index (χ4v) is 2.75. The van der Waals surface area contributed by atoms with Crippen LogP contribution in [0.3, 0.4) is 0 Å². The van der Waals surface area contributed by atoms with Crippen molar-refractivity contribution in [2.45, 2.75) is 0 Å². The van der Waals surface area contributed by atoms with Crippen LogP contribution in [0.2, 0.25) is 0 Å². The minimum atomic E-state index is -0.907. The Morgan fingerprint density at radius 2 is 1.76 bits per heavy atom. The zero-order valence-corrected chi connectivity index (χ0v) is 17.7. The van der Waals surface area contributed by atoms with E-state index >= 15 is 0 Å². The SMILES string of the molecule is C=CCNC(=O)c1cc(Oc2ccc(NC(=O)NC(=O)c3ccccc3[N+](=O)[O-])cc2)ccn1. The van der Waals surface area contributed by atoms with Crippen molar-refractivity contribution >= 4 is 29.2 Å². The number of hydrogen-bond acceptors (Lipinski definition) is 7. The van der Waals surface area contributed by atoms with Gasteiger partial charge in [0.15, 0.2) is 0 Å². The molecule has 11 nitrogen and oxygen atoms in total. The van der Waals surface area contributed by atoms with Crippen molar-refractivity contribution in [1.82, 2.24) is 15.6 Å². The van der Waals surface area contributed by atoms with Crippen LogP contribution in [0.4, 0.5) is 16.2 Å². The predicted octanol–water partition coefficient (Wildman–Crippen LogP) is 3.66. The van der Waals surface area contributed by atoms with Gasteiger partial charge in [-0.3, -0.25) is 30.0 Å². The molecule has 3 rings (SSSR count). The third-order valence-electron chi connectivity index (χ3n) is 4.29. The Labute approximate surface area is 193 Å². The fourth-order valence-electron chi connectivity index (χ4n) is 2.75. The van der Waals surface area contributed by atoms with Crippen molar-refractivity contribution in [2.75, 3.05) is 11.9 Å². The quantitative estimate of drug-likeness (QED) is 0.263. The van der Waals surface area contributed by atoms with Gasteiger partial charge in [0.25, 0.3) is 17.5 Å². The van der Waals surface area contributed by atoms with Gasteiger partial charge >= 0.3 is 6.03 Å². The molecule has 0 spiro atoms. The smallest absolute Gasteiger partial charge is 0.326 e. The summed E-state index contributed by atoms with van der Waals surface area (Å²) in [5.41, 5.74) is -0.120. The Kier molecular flexibility index (Phi) is 7.63. The number of pyridine rings is 1. The Hall–Kier alpha value is -5.06. The van der Waals surface area contributed by atoms with Gasteiger partial charge in [-0.1, -0.05) is 18.2 Å². The molecule has 2 aromatic carbocycles. The standard InChI is InChI=1S/C23H19N5O6/c1-2-12-25-22(30)19-14-17(11-13-24-19)34-16-9-7-15(8-10-16)26-23(31)27-21(29)18-5-3-4-6-20(18)28(32)33/h2-11,13-14H,1,12H2,(H,25,30)(H2,26,27,29,31). The molecule has 0 bridgehead atoms. The molecular weight excluding hydrogens is 442 g/mol. The van der Waals surface area contributed by atoms with E-state index in [2.05, 4.69) is 27.5 Å². The number of carbonyl (C=O) groups excluding carboxylic acids is 3. The van der Waals surface area contributed by atoms with Gasteiger partial charge in [-0.05, 0) is 36.4 Å². The number of para-hydroxylation sites is 1. The van der Waals surface area contributed by atoms with Crippen molar-refractivity contribution < 1.29 is 24.0 Å². The molecule has 0 aliphatic carbocycles. The maximum Gasteiger partial charge on any atom is 0.326 e. The second kappa shape index (κ2) is 11.0. The number of ether oxygens (including phenoxy) is 1. The molecule has 0 atom stereocenters. The normalized spacial score (nSPS) is 10.0. The molecule has 0 aliphatic heterocycles. The number of nitrogens with one attached hydrogen (secondary N) is 3. The highest BCUT2D eigenvalue weighted by Crippen LogP contribution is 2.23. The first kappa shape index (κ1) is 23.6. The third kappa shape index (κ3) is 6.23. The maximum absolute atomic E-state index is 12.2. The molecule has 3 N–H and O–H groups in total. The summed E-state index contributed by atoms with van der Waals surface area (Å²) in [7, 11) is 0. The fraction of sp³-hybridized carbons (Fsp3) is 0.0435. The highest BCUT2D eigenvalue weighted by atomic mass is 16.6. The molecule has 3 aromatic rings. The van der Waals surface area contributed by atoms with Crippen LogP contribution in [-0.2, 0) is 0 Å². The Morgan fingerprint density at radius 3 is 2.47 bits per heavy atom. The lowest BCUT2D eigenvalue weighted by Crippen LogP contribution is -2.34. The molecule has 1 aromatic heterocycles. The molecule has 0 unspecified atom stereocenters. The van der Waals surface area contributed by atoms with Crippen LogP contribution >= 0.6 is 0 Å². The molecule has 0 radical (unpaired) electrons. The Bertz CT molecular complexity index is 1240. The van der Waals surface area contributed by atoms with Crippen molar-refractivity contribution in [3.05, 3.63) is 101 Å². The van der Waals surface area contributed by atoms with Crippen LogP contribution in [0.15, 0.2) is 79.5 Å². The number of amides is 4. The number of anilines is 1. The lowest BCUT2D eigenvalue weighted by molar-refractivity contribution is -0.385. The molecule has 0 aliphatic rings. The Morgan fingerprint density at radius 1 is 1.03 bits per heavy atom. The highest BCUT2D eigenvalue weighted by molar-refractivity contribution is 6.09. The number of nitrogens with zero attached hydrogens (tertiary/aromatic N) is 2. The largest absolute Gasteiger partial charge is 0.457 e. The van der Waals surface area contributed by atoms with Gasteiger partial charge in [0.1, 0.15) is 22.8 Å². The van der Waals surface area contributed by atoms with E-state index in [-0.39, 0.29) is 17.2 Å². The number of aromatic nitrogens is 1. The van der Waals surface area contributed by atoms with Gasteiger partial charge in [-0.15, -0.1) is 6.58 Å². The third-order valence-corrected chi connectivity index (χ3v) is 4.29. The number of rotatable bonds is 8. The highest BCUT2D eigenvalue weighted by Gasteiger charge is 2.20. The van der Waals surface area contributed by atoms with E-state index in [9.17, 15) is 24.5 Å². The first-order chi connectivity index (χ1) is 16.4. The Balaban J connectivity index is 1.59. The summed E-state index contributed by atoms with van der Waals surface area (Å²) in [5.74, 6) is -0.473. The van der Waals surface area contributed by atoms with Crippen LogP contribution in [0.25, 0.3) is 0 Å². The number of nitro groups is 1. The summed E-state index contributed by atoms with van der Waals surface area (Å²) in [4.78, 5) is 50.7. The number of urea groups is 1. The van der Waals surface area contributed by atoms with Crippen LogP contribution < -0.4 is 20.7 Å². The van der Waals surface area contributed by atoms with E-state index < -0.39 is 22.5 Å². The van der Waals surface area contributed by atoms with Crippen molar-refractivity contribution in [3.63, 3.8) is 0 Å². The number of carbonyl (C=O) groups is 3. The van der Waals surface area contributed by atoms with E-state index in [4.69, 9.17) is 4.74 Å². The zero-order valence-electron chi connectivity index (χ0n) is 17.7. The number of benzene rings is 2. The molecule has 0 fully saturated rings. The second-order valence-electron chi connectivity index (χ2n) is 6.68. The van der Waals surface area contributed by atoms with E-state index in [1.807, 2.05) is 0 Å². The van der Waals surface area contributed by atoms with Gasteiger partial charge < -0.3 is 15.4 Å². The molecule has 0 saturated carbocycles. The molecule has 1 heterocycles. The summed E-state index contributed by atoms with van der Waals surface area (Å²) < 4.78 is 5.71. The maximum atomic E-state index is 12.2. The monoisotopic (exact) mass is 461 g/mol. The van der Waals surface area contributed by atoms with Gasteiger partial charge in [0, 0.05) is 30.6 Å². The van der Waals surface area contributed by atoms with E-state index in [1.54, 1.807) is 24.3 Å². The van der Waals surface area contributed by atoms with Gasteiger partial charge in [0.05, 0.1) is 4.92 Å². The number of hydrogen-bond donors (Lipinski definition) is 3. The first-order valence-electron chi connectivity index (χ1n) is 9.86. The van der Waals surface area contributed by atoms with E-state index in [0.29, 0.717) is 23.7 Å². The van der Waals surface area contributed by atoms with Crippen LogP contribution in [-0.4, -0.2) is 34.3 Å². The van der Waals surface area contributed by atoms with Crippen LogP contribution in [0.1, 0.15) is 20.8 Å². The van der Waals surface area contributed by atoms with Crippen LogP contribution in [0.5, 0.6) is 11.5 Å². The average molecular weight is 461 g/mol. The summed E-state index contributed by atoms with van der Waals surface area (Å²) in [6, 6.07) is 13.7. The predicted molar refractivity (Wildman–Crippen MR) is 123 cm³/mol. The molecule has 34 heavy (non-hydrogen) atoms. The summed E-state index contributed by atoms with van der Waals surface area (Å²) in [6.07, 6.45) is 2.99. The lowest BCUT2D eigenvalue weighted by atomic mass is 10.1. The minimum Gasteiger partial charge on any atom is -0.457 e. The number of nitro benzene ring substituents is 1. The van der Waals surface area contributed by atoms with Crippen molar-refractivity contribution in [3.8, 4) is 11.5 Å². The lowest BCUT2D eigenvalue weighted by Gasteiger charge is -2.09. The molecule has 4 amide bonds. The van der Waals surface area contributed by atoms with Gasteiger partial charge in [0.2, 0.25) is 0 Å². The molecule has 11 heteroatoms. The molecule has 0 saturated heterocycles. The van der Waals surface area contributed by atoms with Crippen molar-refractivity contribution in [1.29, 1.82) is 0 Å². The van der Waals surface area contributed by atoms with Crippen LogP contribution in [0, 0.1) is 10.1 Å². The average Bonchev–Trinajstić information content (AvgIpc) is 2.83. The van der Waals surface area contributed by atoms with Crippen molar-refractivity contribution in [2.24, 2.45) is 0 Å². The van der Waals surface area contributed by atoms with E-state index in [1.165, 1.54) is 48.7 Å². The molecule has 172 valence electrons. The summed E-state index contributed by atoms with van der Waals surface area (Å²) in [5, 5.41) is 18.2. The topological polar surface area (TPSA) is 153 Å². The second-order valence-corrected chi connectivity index (χ2v) is 6.68. The minimum absolute atomic E-state index is 0.178.